The summed E-state index contributed by atoms with van der Waals surface area (Å²) in [6.07, 6.45) is 2.51. The van der Waals surface area contributed by atoms with Crippen LogP contribution in [0.25, 0.3) is 0 Å². The van der Waals surface area contributed by atoms with Gasteiger partial charge in [-0.3, -0.25) is 9.69 Å². The minimum Gasteiger partial charge on any atom is -0.392 e. The van der Waals surface area contributed by atoms with Crippen LogP contribution in [0.2, 0.25) is 0 Å². The van der Waals surface area contributed by atoms with E-state index in [1.807, 2.05) is 27.9 Å². The lowest BCUT2D eigenvalue weighted by Gasteiger charge is -2.31. The second kappa shape index (κ2) is 7.96. The number of amides is 1. The summed E-state index contributed by atoms with van der Waals surface area (Å²) in [5.74, 6) is 0.0730. The summed E-state index contributed by atoms with van der Waals surface area (Å²) in [5.41, 5.74) is 0. The average molecular weight is 285 g/mol. The molecule has 0 aliphatic carbocycles. The fourth-order valence-electron chi connectivity index (χ4n) is 3.01. The first-order chi connectivity index (χ1) is 9.35. The summed E-state index contributed by atoms with van der Waals surface area (Å²) >= 11 is 0. The van der Waals surface area contributed by atoms with Gasteiger partial charge in [0.1, 0.15) is 0 Å². The number of β-amino-alcohol motifs (C(OH)–C–C–N with tert-alkyl or cyclic N) is 1. The lowest BCUT2D eigenvalue weighted by Crippen LogP contribution is -2.51. The van der Waals surface area contributed by atoms with Crippen molar-refractivity contribution in [2.24, 2.45) is 0 Å². The molecule has 4 unspecified atom stereocenters. The first kappa shape index (κ1) is 17.4. The zero-order valence-electron chi connectivity index (χ0n) is 13.6. The number of carbonyl (C=O) groups excluding carboxylic acids is 1. The first-order valence-electron chi connectivity index (χ1n) is 7.74. The summed E-state index contributed by atoms with van der Waals surface area (Å²) in [6, 6.07) is 0.286. The Bertz CT molecular complexity index is 309. The maximum atomic E-state index is 12.3. The summed E-state index contributed by atoms with van der Waals surface area (Å²) in [6.45, 7) is 7.57. The number of hydrogen-bond donors (Lipinski definition) is 2. The molecule has 5 nitrogen and oxygen atoms in total. The maximum absolute atomic E-state index is 12.3. The minimum absolute atomic E-state index is 0.0730. The molecular weight excluding hydrogens is 254 g/mol. The van der Waals surface area contributed by atoms with Crippen molar-refractivity contribution in [1.29, 1.82) is 0 Å². The van der Waals surface area contributed by atoms with Gasteiger partial charge in [0.15, 0.2) is 0 Å². The predicted molar refractivity (Wildman–Crippen MR) is 81.6 cm³/mol. The second-order valence-corrected chi connectivity index (χ2v) is 6.38. The van der Waals surface area contributed by atoms with Crippen molar-refractivity contribution in [2.45, 2.75) is 64.3 Å². The lowest BCUT2D eigenvalue weighted by molar-refractivity contribution is -0.127. The summed E-state index contributed by atoms with van der Waals surface area (Å²) in [5, 5.41) is 13.0. The van der Waals surface area contributed by atoms with E-state index in [2.05, 4.69) is 22.0 Å². The molecule has 0 radical (unpaired) electrons. The van der Waals surface area contributed by atoms with Gasteiger partial charge in [-0.05, 0) is 40.8 Å². The van der Waals surface area contributed by atoms with Gasteiger partial charge in [0.2, 0.25) is 5.91 Å². The van der Waals surface area contributed by atoms with Crippen LogP contribution in [0.1, 0.15) is 40.0 Å². The van der Waals surface area contributed by atoms with Crippen LogP contribution in [0.15, 0.2) is 0 Å². The van der Waals surface area contributed by atoms with Gasteiger partial charge in [0, 0.05) is 25.2 Å². The standard InChI is InChI=1S/C15H31N3O2/c1-6-7-11(2)16-15(20)12(3)18-10-14(19)8-13(18)9-17(4)5/h11-14,19H,6-10H2,1-5H3,(H,16,20). The Hall–Kier alpha value is -0.650. The van der Waals surface area contributed by atoms with Crippen LogP contribution in [0.4, 0.5) is 0 Å². The Labute approximate surface area is 123 Å². The Morgan fingerprint density at radius 3 is 2.65 bits per heavy atom. The largest absolute Gasteiger partial charge is 0.392 e. The first-order valence-corrected chi connectivity index (χ1v) is 7.74. The molecule has 5 heteroatoms. The number of aliphatic hydroxyl groups excluding tert-OH is 1. The minimum atomic E-state index is -0.316. The van der Waals surface area contributed by atoms with E-state index >= 15 is 0 Å². The number of rotatable bonds is 7. The fraction of sp³-hybridized carbons (Fsp3) is 0.933. The Morgan fingerprint density at radius 2 is 2.10 bits per heavy atom. The summed E-state index contributed by atoms with van der Waals surface area (Å²) < 4.78 is 0. The monoisotopic (exact) mass is 285 g/mol. The number of likely N-dealkylation sites (tertiary alicyclic amines) is 1. The van der Waals surface area contributed by atoms with E-state index in [9.17, 15) is 9.90 Å². The van der Waals surface area contributed by atoms with Crippen LogP contribution < -0.4 is 5.32 Å². The molecule has 1 rings (SSSR count). The van der Waals surface area contributed by atoms with Crippen molar-refractivity contribution in [3.63, 3.8) is 0 Å². The van der Waals surface area contributed by atoms with Crippen LogP contribution >= 0.6 is 0 Å². The molecule has 1 amide bonds. The molecule has 2 N–H and O–H groups in total. The lowest BCUT2D eigenvalue weighted by atomic mass is 10.1. The number of likely N-dealkylation sites (N-methyl/N-ethyl adjacent to an activating group) is 1. The molecule has 0 saturated carbocycles. The van der Waals surface area contributed by atoms with E-state index < -0.39 is 0 Å². The van der Waals surface area contributed by atoms with Gasteiger partial charge in [-0.15, -0.1) is 0 Å². The molecule has 4 atom stereocenters. The molecule has 0 aromatic rings. The molecular formula is C15H31N3O2. The molecule has 20 heavy (non-hydrogen) atoms. The van der Waals surface area contributed by atoms with Crippen molar-refractivity contribution < 1.29 is 9.90 Å². The molecule has 1 aliphatic rings. The normalized spacial score (nSPS) is 26.8. The third-order valence-electron chi connectivity index (χ3n) is 4.00. The molecule has 118 valence electrons. The van der Waals surface area contributed by atoms with Gasteiger partial charge in [0.05, 0.1) is 12.1 Å². The number of nitrogens with zero attached hydrogens (tertiary/aromatic N) is 2. The molecule has 1 saturated heterocycles. The number of hydrogen-bond acceptors (Lipinski definition) is 4. The predicted octanol–water partition coefficient (Wildman–Crippen LogP) is 0.677. The van der Waals surface area contributed by atoms with E-state index in [4.69, 9.17) is 0 Å². The van der Waals surface area contributed by atoms with E-state index in [1.165, 1.54) is 0 Å². The number of carbonyl (C=O) groups is 1. The Morgan fingerprint density at radius 1 is 1.45 bits per heavy atom. The van der Waals surface area contributed by atoms with Crippen LogP contribution in [-0.2, 0) is 4.79 Å². The molecule has 0 aromatic carbocycles. The fourth-order valence-corrected chi connectivity index (χ4v) is 3.01. The van der Waals surface area contributed by atoms with Gasteiger partial charge in [0.25, 0.3) is 0 Å². The molecule has 1 fully saturated rings. The van der Waals surface area contributed by atoms with Crippen molar-refractivity contribution >= 4 is 5.91 Å². The van der Waals surface area contributed by atoms with Crippen molar-refractivity contribution in [2.75, 3.05) is 27.2 Å². The number of aliphatic hydroxyl groups is 1. The highest BCUT2D eigenvalue weighted by Crippen LogP contribution is 2.21. The average Bonchev–Trinajstić information content (AvgIpc) is 2.68. The third-order valence-corrected chi connectivity index (χ3v) is 4.00. The maximum Gasteiger partial charge on any atom is 0.237 e. The van der Waals surface area contributed by atoms with Gasteiger partial charge >= 0.3 is 0 Å². The highest BCUT2D eigenvalue weighted by atomic mass is 16.3. The van der Waals surface area contributed by atoms with Crippen LogP contribution in [0.3, 0.4) is 0 Å². The van der Waals surface area contributed by atoms with Crippen molar-refractivity contribution in [3.05, 3.63) is 0 Å². The van der Waals surface area contributed by atoms with Crippen LogP contribution in [0.5, 0.6) is 0 Å². The van der Waals surface area contributed by atoms with Gasteiger partial charge in [-0.1, -0.05) is 13.3 Å². The Balaban J connectivity index is 2.59. The molecule has 0 bridgehead atoms. The van der Waals surface area contributed by atoms with Gasteiger partial charge < -0.3 is 15.3 Å². The molecule has 0 spiro atoms. The number of nitrogens with one attached hydrogen (secondary N) is 1. The van der Waals surface area contributed by atoms with Gasteiger partial charge in [-0.2, -0.15) is 0 Å². The van der Waals surface area contributed by atoms with Crippen molar-refractivity contribution in [3.8, 4) is 0 Å². The smallest absolute Gasteiger partial charge is 0.237 e. The molecule has 1 heterocycles. The van der Waals surface area contributed by atoms with Crippen molar-refractivity contribution in [1.82, 2.24) is 15.1 Å². The zero-order valence-corrected chi connectivity index (χ0v) is 13.6. The summed E-state index contributed by atoms with van der Waals surface area (Å²) in [4.78, 5) is 16.6. The zero-order chi connectivity index (χ0) is 15.3. The third kappa shape index (κ3) is 5.04. The summed E-state index contributed by atoms with van der Waals surface area (Å²) in [7, 11) is 4.05. The van der Waals surface area contributed by atoms with E-state index in [0.29, 0.717) is 6.54 Å². The van der Waals surface area contributed by atoms with E-state index in [-0.39, 0.29) is 30.1 Å². The quantitative estimate of drug-likeness (QED) is 0.722. The highest BCUT2D eigenvalue weighted by Gasteiger charge is 2.36. The Kier molecular flexibility index (Phi) is 6.92. The topological polar surface area (TPSA) is 55.8 Å². The highest BCUT2D eigenvalue weighted by molar-refractivity contribution is 5.81. The van der Waals surface area contributed by atoms with Crippen LogP contribution in [-0.4, -0.2) is 72.2 Å². The van der Waals surface area contributed by atoms with E-state index in [1.54, 1.807) is 0 Å². The molecule has 1 aliphatic heterocycles. The molecule has 0 aromatic heterocycles. The van der Waals surface area contributed by atoms with E-state index in [0.717, 1.165) is 25.8 Å². The van der Waals surface area contributed by atoms with Crippen LogP contribution in [0, 0.1) is 0 Å². The SMILES string of the molecule is CCCC(C)NC(=O)C(C)N1CC(O)CC1CN(C)C. The second-order valence-electron chi connectivity index (χ2n) is 6.38. The van der Waals surface area contributed by atoms with Gasteiger partial charge in [-0.25, -0.2) is 0 Å².